The van der Waals surface area contributed by atoms with Crippen LogP contribution in [0.1, 0.15) is 64.2 Å². The Kier molecular flexibility index (Phi) is 8.26. The minimum atomic E-state index is 0.190. The van der Waals surface area contributed by atoms with Crippen molar-refractivity contribution in [2.45, 2.75) is 64.2 Å². The van der Waals surface area contributed by atoms with Gasteiger partial charge in [0.2, 0.25) is 11.8 Å². The smallest absolute Gasteiger partial charge is 0.219 e. The normalized spacial score (nSPS) is 22.0. The van der Waals surface area contributed by atoms with Crippen molar-refractivity contribution in [3.05, 3.63) is 0 Å². The summed E-state index contributed by atoms with van der Waals surface area (Å²) in [4.78, 5) is 22.9. The molecule has 0 radical (unpaired) electrons. The highest BCUT2D eigenvalue weighted by molar-refractivity contribution is 5.76. The standard InChI is InChI=1S/C14H26N2O2/c17-13-9-5-2-1-3-6-10-14(18)16-12-8-4-7-11-15-13/h1-12H2,(H,15,17)(H,16,18). The maximum atomic E-state index is 11.5. The quantitative estimate of drug-likeness (QED) is 0.696. The van der Waals surface area contributed by atoms with Gasteiger partial charge in [-0.15, -0.1) is 0 Å². The Balaban J connectivity index is 2.21. The Morgan fingerprint density at radius 1 is 0.556 bits per heavy atom. The molecule has 1 aliphatic heterocycles. The molecule has 2 N–H and O–H groups in total. The van der Waals surface area contributed by atoms with Crippen LogP contribution >= 0.6 is 0 Å². The molecule has 0 saturated carbocycles. The second-order valence-electron chi connectivity index (χ2n) is 5.03. The summed E-state index contributed by atoms with van der Waals surface area (Å²) >= 11 is 0. The predicted octanol–water partition coefficient (Wildman–Crippen LogP) is 2.13. The van der Waals surface area contributed by atoms with Crippen molar-refractivity contribution in [1.82, 2.24) is 10.6 Å². The van der Waals surface area contributed by atoms with Gasteiger partial charge < -0.3 is 10.6 Å². The predicted molar refractivity (Wildman–Crippen MR) is 72.2 cm³/mol. The number of nitrogens with one attached hydrogen (secondary N) is 2. The van der Waals surface area contributed by atoms with Gasteiger partial charge in [-0.25, -0.2) is 0 Å². The van der Waals surface area contributed by atoms with Crippen LogP contribution < -0.4 is 10.6 Å². The second-order valence-corrected chi connectivity index (χ2v) is 5.03. The molecule has 1 rings (SSSR count). The summed E-state index contributed by atoms with van der Waals surface area (Å²) in [5, 5.41) is 5.89. The van der Waals surface area contributed by atoms with Gasteiger partial charge in [-0.3, -0.25) is 9.59 Å². The van der Waals surface area contributed by atoms with E-state index in [4.69, 9.17) is 0 Å². The number of rotatable bonds is 0. The zero-order chi connectivity index (χ0) is 13.1. The van der Waals surface area contributed by atoms with Crippen molar-refractivity contribution in [3.8, 4) is 0 Å². The van der Waals surface area contributed by atoms with Crippen LogP contribution in [0.3, 0.4) is 0 Å². The highest BCUT2D eigenvalue weighted by Crippen LogP contribution is 2.07. The summed E-state index contributed by atoms with van der Waals surface area (Å²) < 4.78 is 0. The van der Waals surface area contributed by atoms with Gasteiger partial charge in [0, 0.05) is 25.9 Å². The monoisotopic (exact) mass is 254 g/mol. The van der Waals surface area contributed by atoms with E-state index in [2.05, 4.69) is 10.6 Å². The van der Waals surface area contributed by atoms with Crippen LogP contribution in [0.4, 0.5) is 0 Å². The van der Waals surface area contributed by atoms with Crippen LogP contribution in [0.25, 0.3) is 0 Å². The number of carbonyl (C=O) groups is 2. The van der Waals surface area contributed by atoms with Crippen molar-refractivity contribution in [1.29, 1.82) is 0 Å². The van der Waals surface area contributed by atoms with Crippen molar-refractivity contribution in [3.63, 3.8) is 0 Å². The number of carbonyl (C=O) groups excluding carboxylic acids is 2. The maximum Gasteiger partial charge on any atom is 0.219 e. The molecule has 0 atom stereocenters. The fourth-order valence-corrected chi connectivity index (χ4v) is 2.16. The summed E-state index contributed by atoms with van der Waals surface area (Å²) in [5.41, 5.74) is 0. The Labute approximate surface area is 110 Å². The van der Waals surface area contributed by atoms with E-state index in [1.54, 1.807) is 0 Å². The molecule has 0 aliphatic carbocycles. The second kappa shape index (κ2) is 9.92. The zero-order valence-corrected chi connectivity index (χ0v) is 11.3. The van der Waals surface area contributed by atoms with E-state index in [0.717, 1.165) is 64.5 Å². The van der Waals surface area contributed by atoms with Gasteiger partial charge in [0.15, 0.2) is 0 Å². The first-order valence-electron chi connectivity index (χ1n) is 7.32. The fraction of sp³-hybridized carbons (Fsp3) is 0.857. The van der Waals surface area contributed by atoms with Crippen molar-refractivity contribution >= 4 is 11.8 Å². The third-order valence-corrected chi connectivity index (χ3v) is 3.31. The van der Waals surface area contributed by atoms with Gasteiger partial charge >= 0.3 is 0 Å². The van der Waals surface area contributed by atoms with E-state index in [1.165, 1.54) is 0 Å². The number of amides is 2. The van der Waals surface area contributed by atoms with Gasteiger partial charge in [0.25, 0.3) is 0 Å². The molecule has 2 amide bonds. The SMILES string of the molecule is O=C1CCCCCCCC(=O)NCCCCCN1. The minimum absolute atomic E-state index is 0.190. The lowest BCUT2D eigenvalue weighted by Crippen LogP contribution is -2.25. The molecule has 104 valence electrons. The Hall–Kier alpha value is -1.06. The molecule has 1 aliphatic rings. The molecule has 1 heterocycles. The van der Waals surface area contributed by atoms with E-state index in [-0.39, 0.29) is 11.8 Å². The molecule has 0 aromatic carbocycles. The minimum Gasteiger partial charge on any atom is -0.356 e. The van der Waals surface area contributed by atoms with Crippen LogP contribution in [-0.4, -0.2) is 24.9 Å². The molecule has 0 aromatic rings. The fourth-order valence-electron chi connectivity index (χ4n) is 2.16. The first-order valence-corrected chi connectivity index (χ1v) is 7.32. The van der Waals surface area contributed by atoms with Crippen LogP contribution in [0.5, 0.6) is 0 Å². The van der Waals surface area contributed by atoms with Crippen LogP contribution in [0.2, 0.25) is 0 Å². The summed E-state index contributed by atoms with van der Waals surface area (Å²) in [7, 11) is 0. The van der Waals surface area contributed by atoms with E-state index < -0.39 is 0 Å². The summed E-state index contributed by atoms with van der Waals surface area (Å²) in [6.45, 7) is 1.54. The Morgan fingerprint density at radius 2 is 0.944 bits per heavy atom. The third-order valence-electron chi connectivity index (χ3n) is 3.31. The van der Waals surface area contributed by atoms with Crippen LogP contribution in [-0.2, 0) is 9.59 Å². The van der Waals surface area contributed by atoms with Crippen molar-refractivity contribution in [2.75, 3.05) is 13.1 Å². The molecule has 0 unspecified atom stereocenters. The molecule has 0 bridgehead atoms. The average molecular weight is 254 g/mol. The first-order chi connectivity index (χ1) is 8.79. The van der Waals surface area contributed by atoms with E-state index in [9.17, 15) is 9.59 Å². The first kappa shape index (κ1) is 15.0. The van der Waals surface area contributed by atoms with E-state index >= 15 is 0 Å². The number of hydrogen-bond donors (Lipinski definition) is 2. The summed E-state index contributed by atoms with van der Waals surface area (Å²) in [6.07, 6.45) is 9.62. The number of hydrogen-bond acceptors (Lipinski definition) is 2. The zero-order valence-electron chi connectivity index (χ0n) is 11.3. The Bertz CT molecular complexity index is 208. The topological polar surface area (TPSA) is 58.2 Å². The van der Waals surface area contributed by atoms with Gasteiger partial charge in [-0.1, -0.05) is 19.3 Å². The van der Waals surface area contributed by atoms with Gasteiger partial charge in [0.05, 0.1) is 0 Å². The lowest BCUT2D eigenvalue weighted by atomic mass is 10.1. The lowest BCUT2D eigenvalue weighted by Gasteiger charge is -2.08. The molecule has 18 heavy (non-hydrogen) atoms. The molecular weight excluding hydrogens is 228 g/mol. The molecular formula is C14H26N2O2. The van der Waals surface area contributed by atoms with Gasteiger partial charge in [0.1, 0.15) is 0 Å². The molecule has 1 saturated heterocycles. The lowest BCUT2D eigenvalue weighted by molar-refractivity contribution is -0.121. The molecule has 4 nitrogen and oxygen atoms in total. The van der Waals surface area contributed by atoms with Crippen molar-refractivity contribution < 1.29 is 9.59 Å². The van der Waals surface area contributed by atoms with Crippen molar-refractivity contribution in [2.24, 2.45) is 0 Å². The van der Waals surface area contributed by atoms with Crippen LogP contribution in [0, 0.1) is 0 Å². The maximum absolute atomic E-state index is 11.5. The van der Waals surface area contributed by atoms with Crippen LogP contribution in [0.15, 0.2) is 0 Å². The molecule has 1 fully saturated rings. The van der Waals surface area contributed by atoms with Gasteiger partial charge in [-0.05, 0) is 32.1 Å². The third kappa shape index (κ3) is 8.09. The highest BCUT2D eigenvalue weighted by Gasteiger charge is 2.03. The van der Waals surface area contributed by atoms with E-state index in [1.807, 2.05) is 0 Å². The largest absolute Gasteiger partial charge is 0.356 e. The van der Waals surface area contributed by atoms with Gasteiger partial charge in [-0.2, -0.15) is 0 Å². The highest BCUT2D eigenvalue weighted by atomic mass is 16.2. The molecule has 4 heteroatoms. The summed E-state index contributed by atoms with van der Waals surface area (Å²) in [6, 6.07) is 0. The average Bonchev–Trinajstić information content (AvgIpc) is 2.35. The molecule has 0 aromatic heterocycles. The van der Waals surface area contributed by atoms with E-state index in [0.29, 0.717) is 12.8 Å². The Morgan fingerprint density at radius 3 is 1.44 bits per heavy atom. The summed E-state index contributed by atoms with van der Waals surface area (Å²) in [5.74, 6) is 0.380. The molecule has 0 spiro atoms.